The number of carboxylic acid groups (broad SMARTS) is 2. The van der Waals surface area contributed by atoms with E-state index in [1.165, 1.54) is 0 Å². The monoisotopic (exact) mass is 842 g/mol. The first-order chi connectivity index (χ1) is 30.8. The van der Waals surface area contributed by atoms with Crippen LogP contribution in [-0.2, 0) is 27.2 Å². The molecule has 1 heterocycles. The molecule has 0 fully saturated rings. The van der Waals surface area contributed by atoms with Crippen LogP contribution in [0.5, 0.6) is 0 Å². The number of hydrogen-bond donors (Lipinski definition) is 6. The van der Waals surface area contributed by atoms with E-state index in [1.54, 1.807) is 10.9 Å². The van der Waals surface area contributed by atoms with Crippen LogP contribution in [-0.4, -0.2) is 57.8 Å². The Hall–Kier alpha value is -7.70. The van der Waals surface area contributed by atoms with Crippen molar-refractivity contribution >= 4 is 29.6 Å². The lowest BCUT2D eigenvalue weighted by Gasteiger charge is -2.38. The van der Waals surface area contributed by atoms with Gasteiger partial charge < -0.3 is 36.2 Å². The molecule has 7 rings (SSSR count). The van der Waals surface area contributed by atoms with Gasteiger partial charge >= 0.3 is 12.2 Å². The second-order valence-electron chi connectivity index (χ2n) is 15.0. The molecule has 0 bridgehead atoms. The maximum atomic E-state index is 14.3. The van der Waals surface area contributed by atoms with Crippen molar-refractivity contribution in [1.82, 2.24) is 20.4 Å². The molecule has 0 spiro atoms. The molecule has 0 unspecified atom stereocenters. The van der Waals surface area contributed by atoms with Crippen LogP contribution < -0.4 is 21.3 Å². The van der Waals surface area contributed by atoms with E-state index in [2.05, 4.69) is 94.1 Å². The fourth-order valence-corrected chi connectivity index (χ4v) is 8.14. The first-order valence-corrected chi connectivity index (χ1v) is 20.9. The standard InChI is InChI=1S/C51H50N6O6/c58-47(38(31-33-52-48(59)60)32-34-53-49(61)62)55-45-37-54-57(35-36-63-51(42-25-13-4-14-26-42,43-27-15-5-16-28-43)44-29-17-6-18-30-44)46(45)56-50(39-19-7-1-8-20-39,40-21-9-2-10-22-40)41-23-11-3-12-24-41/h1-30,37-38,52-53,56H,31-36H2,(H,55,58)(H,59,60)(H,61,62). The predicted octanol–water partition coefficient (Wildman–Crippen LogP) is 9.17. The molecule has 12 nitrogen and oxygen atoms in total. The largest absolute Gasteiger partial charge is 0.465 e. The van der Waals surface area contributed by atoms with E-state index in [0.717, 1.165) is 33.4 Å². The SMILES string of the molecule is O=C(O)NCCC(CCNC(=O)O)C(=O)Nc1cnn(CCOC(c2ccccc2)(c2ccccc2)c2ccccc2)c1NC(c1ccccc1)(c1ccccc1)c1ccccc1. The number of nitrogens with zero attached hydrogens (tertiary/aromatic N) is 2. The summed E-state index contributed by atoms with van der Waals surface area (Å²) in [5.41, 5.74) is 4.00. The molecule has 0 aliphatic rings. The van der Waals surface area contributed by atoms with E-state index < -0.39 is 35.2 Å². The average molecular weight is 843 g/mol. The number of nitrogens with one attached hydrogen (secondary N) is 4. The van der Waals surface area contributed by atoms with Gasteiger partial charge in [-0.3, -0.25) is 4.79 Å². The van der Waals surface area contributed by atoms with Crippen molar-refractivity contribution in [3.05, 3.63) is 222 Å². The fraction of sp³-hybridized carbons (Fsp3) is 0.176. The number of carbonyl (C=O) groups is 3. The highest BCUT2D eigenvalue weighted by atomic mass is 16.5. The van der Waals surface area contributed by atoms with Crippen LogP contribution in [0.2, 0.25) is 0 Å². The summed E-state index contributed by atoms with van der Waals surface area (Å²) in [4.78, 5) is 36.9. The summed E-state index contributed by atoms with van der Waals surface area (Å²) in [6, 6.07) is 60.6. The van der Waals surface area contributed by atoms with E-state index in [0.29, 0.717) is 11.5 Å². The molecule has 320 valence electrons. The normalized spacial score (nSPS) is 11.4. The van der Waals surface area contributed by atoms with E-state index in [4.69, 9.17) is 9.84 Å². The Morgan fingerprint density at radius 1 is 0.556 bits per heavy atom. The van der Waals surface area contributed by atoms with Gasteiger partial charge in [0, 0.05) is 19.0 Å². The van der Waals surface area contributed by atoms with Gasteiger partial charge in [0.2, 0.25) is 5.91 Å². The van der Waals surface area contributed by atoms with Crippen LogP contribution in [0.3, 0.4) is 0 Å². The van der Waals surface area contributed by atoms with Gasteiger partial charge in [-0.15, -0.1) is 0 Å². The first-order valence-electron chi connectivity index (χ1n) is 20.9. The molecule has 0 saturated carbocycles. The van der Waals surface area contributed by atoms with E-state index in [1.807, 2.05) is 109 Å². The molecule has 0 aliphatic heterocycles. The molecule has 63 heavy (non-hydrogen) atoms. The summed E-state index contributed by atoms with van der Waals surface area (Å²) in [5.74, 6) is -0.692. The van der Waals surface area contributed by atoms with Crippen LogP contribution in [0.1, 0.15) is 46.2 Å². The third kappa shape index (κ3) is 10.1. The quantitative estimate of drug-likeness (QED) is 0.0414. The summed E-state index contributed by atoms with van der Waals surface area (Å²) < 4.78 is 8.99. The van der Waals surface area contributed by atoms with Gasteiger partial charge in [0.05, 0.1) is 19.3 Å². The topological polar surface area (TPSA) is 167 Å². The zero-order valence-electron chi connectivity index (χ0n) is 34.6. The lowest BCUT2D eigenvalue weighted by molar-refractivity contribution is -0.120. The van der Waals surface area contributed by atoms with Gasteiger partial charge in [-0.2, -0.15) is 5.10 Å². The van der Waals surface area contributed by atoms with Crippen LogP contribution in [0.4, 0.5) is 21.1 Å². The van der Waals surface area contributed by atoms with Gasteiger partial charge in [0.25, 0.3) is 0 Å². The summed E-state index contributed by atoms with van der Waals surface area (Å²) in [5, 5.41) is 35.1. The minimum atomic E-state index is -1.22. The number of rotatable bonds is 20. The van der Waals surface area contributed by atoms with E-state index in [-0.39, 0.29) is 39.1 Å². The Morgan fingerprint density at radius 3 is 1.29 bits per heavy atom. The highest BCUT2D eigenvalue weighted by Gasteiger charge is 2.40. The van der Waals surface area contributed by atoms with Crippen molar-refractivity contribution in [1.29, 1.82) is 0 Å². The molecule has 7 aromatic rings. The van der Waals surface area contributed by atoms with Crippen LogP contribution in [0, 0.1) is 5.92 Å². The summed E-state index contributed by atoms with van der Waals surface area (Å²) in [7, 11) is 0. The minimum Gasteiger partial charge on any atom is -0.465 e. The smallest absolute Gasteiger partial charge is 0.404 e. The van der Waals surface area contributed by atoms with Gasteiger partial charge in [-0.1, -0.05) is 182 Å². The maximum absolute atomic E-state index is 14.3. The average Bonchev–Trinajstić information content (AvgIpc) is 3.70. The van der Waals surface area contributed by atoms with E-state index >= 15 is 0 Å². The number of amides is 3. The second kappa shape index (κ2) is 20.7. The highest BCUT2D eigenvalue weighted by Crippen LogP contribution is 2.43. The molecule has 12 heteroatoms. The van der Waals surface area contributed by atoms with Crippen molar-refractivity contribution in [3.8, 4) is 0 Å². The zero-order chi connectivity index (χ0) is 43.9. The summed E-state index contributed by atoms with van der Waals surface area (Å²) in [6.45, 7) is 0.415. The molecule has 0 atom stereocenters. The van der Waals surface area contributed by atoms with Crippen molar-refractivity contribution in [2.24, 2.45) is 5.92 Å². The number of aromatic nitrogens is 2. The van der Waals surface area contributed by atoms with Gasteiger partial charge in [-0.05, 0) is 46.2 Å². The number of ether oxygens (including phenoxy) is 1. The summed E-state index contributed by atoms with van der Waals surface area (Å²) >= 11 is 0. The highest BCUT2D eigenvalue weighted by molar-refractivity contribution is 5.95. The van der Waals surface area contributed by atoms with Crippen LogP contribution >= 0.6 is 0 Å². The number of hydrogen-bond acceptors (Lipinski definition) is 6. The molecule has 0 radical (unpaired) electrons. The van der Waals surface area contributed by atoms with Crippen molar-refractivity contribution in [2.45, 2.75) is 30.5 Å². The maximum Gasteiger partial charge on any atom is 0.404 e. The first kappa shape index (κ1) is 43.4. The second-order valence-corrected chi connectivity index (χ2v) is 15.0. The molecule has 1 aromatic heterocycles. The third-order valence-electron chi connectivity index (χ3n) is 11.1. The third-order valence-corrected chi connectivity index (χ3v) is 11.1. The Bertz CT molecular complexity index is 2310. The van der Waals surface area contributed by atoms with Crippen molar-refractivity contribution in [3.63, 3.8) is 0 Å². The summed E-state index contributed by atoms with van der Waals surface area (Å²) in [6.07, 6.45) is -0.586. The van der Waals surface area contributed by atoms with Crippen molar-refractivity contribution < 1.29 is 29.3 Å². The molecular formula is C51H50N6O6. The molecule has 0 aliphatic carbocycles. The van der Waals surface area contributed by atoms with Crippen molar-refractivity contribution in [2.75, 3.05) is 30.3 Å². The number of anilines is 2. The lowest BCUT2D eigenvalue weighted by atomic mass is 9.77. The Balaban J connectivity index is 1.33. The number of benzene rings is 6. The van der Waals surface area contributed by atoms with Crippen LogP contribution in [0.15, 0.2) is 188 Å². The Morgan fingerprint density at radius 2 is 0.921 bits per heavy atom. The molecular weight excluding hydrogens is 793 g/mol. The molecule has 3 amide bonds. The lowest BCUT2D eigenvalue weighted by Crippen LogP contribution is -2.39. The van der Waals surface area contributed by atoms with Gasteiger partial charge in [0.15, 0.2) is 0 Å². The molecule has 6 N–H and O–H groups in total. The Labute approximate surface area is 366 Å². The molecule has 0 saturated heterocycles. The predicted molar refractivity (Wildman–Crippen MR) is 244 cm³/mol. The van der Waals surface area contributed by atoms with Gasteiger partial charge in [0.1, 0.15) is 22.6 Å². The van der Waals surface area contributed by atoms with E-state index in [9.17, 15) is 24.6 Å². The zero-order valence-corrected chi connectivity index (χ0v) is 34.6. The number of carbonyl (C=O) groups excluding carboxylic acids is 1. The van der Waals surface area contributed by atoms with Crippen LogP contribution in [0.25, 0.3) is 0 Å². The fourth-order valence-electron chi connectivity index (χ4n) is 8.14. The minimum absolute atomic E-state index is 0.00662. The van der Waals surface area contributed by atoms with Gasteiger partial charge in [-0.25, -0.2) is 14.3 Å². The molecule has 6 aromatic carbocycles. The Kier molecular flexibility index (Phi) is 14.3.